The van der Waals surface area contributed by atoms with Gasteiger partial charge in [-0.2, -0.15) is 0 Å². The maximum absolute atomic E-state index is 5.58. The number of furan rings is 1. The van der Waals surface area contributed by atoms with E-state index >= 15 is 0 Å². The van der Waals surface area contributed by atoms with Gasteiger partial charge in [0.2, 0.25) is 0 Å². The SMILES string of the molecule is CCC1CCCC(NCCCOCc2ccco2)C1. The minimum Gasteiger partial charge on any atom is -0.467 e. The van der Waals surface area contributed by atoms with Gasteiger partial charge in [-0.3, -0.25) is 0 Å². The Labute approximate surface area is 116 Å². The van der Waals surface area contributed by atoms with Gasteiger partial charge in [-0.05, 0) is 43.9 Å². The number of hydrogen-bond acceptors (Lipinski definition) is 3. The highest BCUT2D eigenvalue weighted by Crippen LogP contribution is 2.26. The van der Waals surface area contributed by atoms with Crippen molar-refractivity contribution in [3.05, 3.63) is 24.2 Å². The van der Waals surface area contributed by atoms with E-state index in [2.05, 4.69) is 12.2 Å². The third kappa shape index (κ3) is 5.37. The van der Waals surface area contributed by atoms with Crippen molar-refractivity contribution in [2.75, 3.05) is 13.2 Å². The Kier molecular flexibility index (Phi) is 6.45. The molecule has 1 aromatic rings. The molecular weight excluding hydrogens is 238 g/mol. The van der Waals surface area contributed by atoms with Crippen molar-refractivity contribution in [2.24, 2.45) is 5.92 Å². The lowest BCUT2D eigenvalue weighted by Gasteiger charge is -2.29. The van der Waals surface area contributed by atoms with Crippen LogP contribution in [0.3, 0.4) is 0 Å². The van der Waals surface area contributed by atoms with Gasteiger partial charge in [-0.25, -0.2) is 0 Å². The van der Waals surface area contributed by atoms with Gasteiger partial charge in [0.15, 0.2) is 0 Å². The van der Waals surface area contributed by atoms with Crippen LogP contribution in [0.15, 0.2) is 22.8 Å². The topological polar surface area (TPSA) is 34.4 Å². The first kappa shape index (κ1) is 14.6. The van der Waals surface area contributed by atoms with Crippen LogP contribution in [0, 0.1) is 5.92 Å². The molecule has 0 radical (unpaired) electrons. The van der Waals surface area contributed by atoms with Gasteiger partial charge in [0, 0.05) is 12.6 Å². The second-order valence-electron chi connectivity index (χ2n) is 5.58. The Morgan fingerprint density at radius 3 is 3.16 bits per heavy atom. The van der Waals surface area contributed by atoms with Crippen LogP contribution in [-0.4, -0.2) is 19.2 Å². The quantitative estimate of drug-likeness (QED) is 0.727. The monoisotopic (exact) mass is 265 g/mol. The fourth-order valence-corrected chi connectivity index (χ4v) is 2.90. The summed E-state index contributed by atoms with van der Waals surface area (Å²) in [6.07, 6.45) is 9.64. The molecule has 1 aliphatic carbocycles. The van der Waals surface area contributed by atoms with Crippen molar-refractivity contribution in [1.29, 1.82) is 0 Å². The van der Waals surface area contributed by atoms with Gasteiger partial charge in [-0.1, -0.05) is 26.2 Å². The summed E-state index contributed by atoms with van der Waals surface area (Å²) in [5, 5.41) is 3.68. The van der Waals surface area contributed by atoms with E-state index in [4.69, 9.17) is 9.15 Å². The summed E-state index contributed by atoms with van der Waals surface area (Å²) >= 11 is 0. The highest BCUT2D eigenvalue weighted by atomic mass is 16.5. The highest BCUT2D eigenvalue weighted by Gasteiger charge is 2.19. The zero-order valence-electron chi connectivity index (χ0n) is 12.1. The predicted octanol–water partition coefficient (Wildman–Crippen LogP) is 3.74. The van der Waals surface area contributed by atoms with Crippen molar-refractivity contribution >= 4 is 0 Å². The number of nitrogens with one attached hydrogen (secondary N) is 1. The van der Waals surface area contributed by atoms with E-state index in [0.29, 0.717) is 6.61 Å². The molecule has 3 heteroatoms. The summed E-state index contributed by atoms with van der Waals surface area (Å²) in [4.78, 5) is 0. The average molecular weight is 265 g/mol. The molecule has 108 valence electrons. The van der Waals surface area contributed by atoms with Crippen LogP contribution in [-0.2, 0) is 11.3 Å². The first-order chi connectivity index (χ1) is 9.38. The third-order valence-electron chi connectivity index (χ3n) is 4.08. The molecule has 0 amide bonds. The lowest BCUT2D eigenvalue weighted by molar-refractivity contribution is 0.103. The van der Waals surface area contributed by atoms with Crippen molar-refractivity contribution in [2.45, 2.75) is 58.1 Å². The Balaban J connectivity index is 1.47. The highest BCUT2D eigenvalue weighted by molar-refractivity contribution is 4.95. The number of hydrogen-bond donors (Lipinski definition) is 1. The van der Waals surface area contributed by atoms with E-state index in [1.165, 1.54) is 32.1 Å². The second kappa shape index (κ2) is 8.39. The molecule has 19 heavy (non-hydrogen) atoms. The first-order valence-electron chi connectivity index (χ1n) is 7.72. The molecule has 2 unspecified atom stereocenters. The fraction of sp³-hybridized carbons (Fsp3) is 0.750. The fourth-order valence-electron chi connectivity index (χ4n) is 2.90. The van der Waals surface area contributed by atoms with Crippen LogP contribution in [0.2, 0.25) is 0 Å². The molecule has 1 aliphatic rings. The van der Waals surface area contributed by atoms with E-state index in [1.54, 1.807) is 6.26 Å². The third-order valence-corrected chi connectivity index (χ3v) is 4.08. The van der Waals surface area contributed by atoms with E-state index < -0.39 is 0 Å². The minimum absolute atomic E-state index is 0.592. The van der Waals surface area contributed by atoms with Crippen LogP contribution < -0.4 is 5.32 Å². The minimum atomic E-state index is 0.592. The lowest BCUT2D eigenvalue weighted by atomic mass is 9.84. The molecule has 2 rings (SSSR count). The summed E-state index contributed by atoms with van der Waals surface area (Å²) in [6, 6.07) is 4.59. The van der Waals surface area contributed by atoms with Crippen molar-refractivity contribution in [3.8, 4) is 0 Å². The van der Waals surface area contributed by atoms with Crippen LogP contribution in [0.5, 0.6) is 0 Å². The van der Waals surface area contributed by atoms with Crippen molar-refractivity contribution < 1.29 is 9.15 Å². The summed E-state index contributed by atoms with van der Waals surface area (Å²) in [5.41, 5.74) is 0. The Morgan fingerprint density at radius 2 is 2.37 bits per heavy atom. The molecule has 3 nitrogen and oxygen atoms in total. The normalized spacial score (nSPS) is 23.6. The summed E-state index contributed by atoms with van der Waals surface area (Å²) < 4.78 is 10.8. The van der Waals surface area contributed by atoms with Crippen LogP contribution >= 0.6 is 0 Å². The smallest absolute Gasteiger partial charge is 0.129 e. The molecule has 0 bridgehead atoms. The molecule has 1 N–H and O–H groups in total. The van der Waals surface area contributed by atoms with E-state index in [0.717, 1.165) is 37.3 Å². The summed E-state index contributed by atoms with van der Waals surface area (Å²) in [6.45, 7) is 4.78. The summed E-state index contributed by atoms with van der Waals surface area (Å²) in [7, 11) is 0. The molecule has 1 saturated carbocycles. The average Bonchev–Trinajstić information content (AvgIpc) is 2.96. The van der Waals surface area contributed by atoms with Gasteiger partial charge in [0.05, 0.1) is 6.26 Å². The molecule has 1 aromatic heterocycles. The number of rotatable bonds is 8. The molecule has 0 aromatic carbocycles. The zero-order valence-corrected chi connectivity index (χ0v) is 12.1. The first-order valence-corrected chi connectivity index (χ1v) is 7.72. The summed E-state index contributed by atoms with van der Waals surface area (Å²) in [5.74, 6) is 1.85. The van der Waals surface area contributed by atoms with Crippen molar-refractivity contribution in [3.63, 3.8) is 0 Å². The second-order valence-corrected chi connectivity index (χ2v) is 5.58. The molecule has 1 heterocycles. The van der Waals surface area contributed by atoms with Gasteiger partial charge in [0.25, 0.3) is 0 Å². The zero-order chi connectivity index (χ0) is 13.3. The molecule has 0 spiro atoms. The molecule has 0 aliphatic heterocycles. The molecule has 1 fully saturated rings. The Bertz CT molecular complexity index is 323. The van der Waals surface area contributed by atoms with Gasteiger partial charge in [-0.15, -0.1) is 0 Å². The van der Waals surface area contributed by atoms with Crippen molar-refractivity contribution in [1.82, 2.24) is 5.32 Å². The van der Waals surface area contributed by atoms with Gasteiger partial charge < -0.3 is 14.5 Å². The standard InChI is InChI=1S/C16H27NO2/c1-2-14-6-3-7-15(12-14)17-9-5-10-18-13-16-8-4-11-19-16/h4,8,11,14-15,17H,2-3,5-7,9-10,12-13H2,1H3. The van der Waals surface area contributed by atoms with Crippen LogP contribution in [0.25, 0.3) is 0 Å². The van der Waals surface area contributed by atoms with E-state index in [9.17, 15) is 0 Å². The maximum atomic E-state index is 5.58. The molecule has 0 saturated heterocycles. The van der Waals surface area contributed by atoms with Gasteiger partial charge >= 0.3 is 0 Å². The Hall–Kier alpha value is -0.800. The maximum Gasteiger partial charge on any atom is 0.129 e. The molecular formula is C16H27NO2. The van der Waals surface area contributed by atoms with Crippen LogP contribution in [0.4, 0.5) is 0 Å². The largest absolute Gasteiger partial charge is 0.467 e. The van der Waals surface area contributed by atoms with E-state index in [1.807, 2.05) is 12.1 Å². The predicted molar refractivity (Wildman–Crippen MR) is 77.0 cm³/mol. The molecule has 2 atom stereocenters. The lowest BCUT2D eigenvalue weighted by Crippen LogP contribution is -2.35. The van der Waals surface area contributed by atoms with Gasteiger partial charge in [0.1, 0.15) is 12.4 Å². The number of ether oxygens (including phenoxy) is 1. The van der Waals surface area contributed by atoms with E-state index in [-0.39, 0.29) is 0 Å². The Morgan fingerprint density at radius 1 is 1.42 bits per heavy atom. The van der Waals surface area contributed by atoms with Crippen LogP contribution in [0.1, 0.15) is 51.2 Å².